The van der Waals surface area contributed by atoms with Gasteiger partial charge in [-0.15, -0.1) is 13.2 Å². The van der Waals surface area contributed by atoms with Crippen LogP contribution in [0.25, 0.3) is 0 Å². The number of hydrogen-bond donors (Lipinski definition) is 0. The molecule has 8 heteroatoms. The lowest BCUT2D eigenvalue weighted by molar-refractivity contribution is -0.275. The minimum absolute atomic E-state index is 0.403. The maximum Gasteiger partial charge on any atom is 0.573 e. The highest BCUT2D eigenvalue weighted by Gasteiger charge is 2.33. The zero-order valence-corrected chi connectivity index (χ0v) is 9.46. The molecule has 18 heavy (non-hydrogen) atoms. The first-order chi connectivity index (χ1) is 8.19. The lowest BCUT2D eigenvalue weighted by Crippen LogP contribution is -2.18. The Labute approximate surface area is 99.7 Å². The average molecular weight is 271 g/mol. The van der Waals surface area contributed by atoms with E-state index in [2.05, 4.69) is 9.47 Å². The van der Waals surface area contributed by atoms with Crippen LogP contribution in [0.4, 0.5) is 27.6 Å². The van der Waals surface area contributed by atoms with Gasteiger partial charge in [0.25, 0.3) is 0 Å². The van der Waals surface area contributed by atoms with Gasteiger partial charge in [-0.25, -0.2) is 0 Å². The summed E-state index contributed by atoms with van der Waals surface area (Å²) in [6.07, 6.45) is -4.97. The molecule has 0 atom stereocenters. The Kier molecular flexibility index (Phi) is 4.20. The van der Waals surface area contributed by atoms with E-state index in [4.69, 9.17) is 0 Å². The van der Waals surface area contributed by atoms with Crippen molar-refractivity contribution < 1.29 is 31.4 Å². The van der Waals surface area contributed by atoms with Gasteiger partial charge in [0.15, 0.2) is 11.5 Å². The number of anilines is 1. The van der Waals surface area contributed by atoms with Crippen molar-refractivity contribution in [2.75, 3.05) is 19.0 Å². The summed E-state index contributed by atoms with van der Waals surface area (Å²) in [7, 11) is 3.21. The van der Waals surface area contributed by atoms with Gasteiger partial charge < -0.3 is 14.4 Å². The normalized spacial score (nSPS) is 11.6. The second kappa shape index (κ2) is 5.28. The summed E-state index contributed by atoms with van der Waals surface area (Å²) in [6, 6.07) is 3.24. The van der Waals surface area contributed by atoms with Crippen molar-refractivity contribution in [1.29, 1.82) is 0 Å². The van der Waals surface area contributed by atoms with E-state index >= 15 is 0 Å². The molecule has 102 valence electrons. The minimum atomic E-state index is -4.97. The van der Waals surface area contributed by atoms with E-state index in [1.165, 1.54) is 11.0 Å². The fourth-order valence-electron chi connectivity index (χ4n) is 1.17. The highest BCUT2D eigenvalue weighted by atomic mass is 19.4. The molecule has 0 aliphatic carbocycles. The molecule has 0 unspecified atom stereocenters. The van der Waals surface area contributed by atoms with E-state index in [9.17, 15) is 22.0 Å². The second-order valence-electron chi connectivity index (χ2n) is 3.45. The quantitative estimate of drug-likeness (QED) is 0.785. The predicted molar refractivity (Wildman–Crippen MR) is 54.1 cm³/mol. The van der Waals surface area contributed by atoms with Crippen molar-refractivity contribution in [1.82, 2.24) is 0 Å². The third-order valence-corrected chi connectivity index (χ3v) is 1.89. The maximum atomic E-state index is 12.1. The van der Waals surface area contributed by atoms with Crippen molar-refractivity contribution in [2.24, 2.45) is 0 Å². The van der Waals surface area contributed by atoms with Gasteiger partial charge in [0.2, 0.25) is 0 Å². The SMILES string of the molecule is CN(C)c1ccc(OC(F)(F)F)c(OC(F)F)c1. The van der Waals surface area contributed by atoms with Gasteiger partial charge in [-0.1, -0.05) is 0 Å². The number of ether oxygens (including phenoxy) is 2. The fourth-order valence-corrected chi connectivity index (χ4v) is 1.17. The first-order valence-corrected chi connectivity index (χ1v) is 4.71. The summed E-state index contributed by atoms with van der Waals surface area (Å²) in [6.45, 7) is -3.24. The van der Waals surface area contributed by atoms with Crippen LogP contribution in [-0.2, 0) is 0 Å². The highest BCUT2D eigenvalue weighted by molar-refractivity contribution is 5.55. The van der Waals surface area contributed by atoms with E-state index in [0.29, 0.717) is 5.69 Å². The van der Waals surface area contributed by atoms with Crippen LogP contribution in [0.15, 0.2) is 18.2 Å². The van der Waals surface area contributed by atoms with Gasteiger partial charge in [0, 0.05) is 25.8 Å². The average Bonchev–Trinajstić information content (AvgIpc) is 2.17. The Bertz CT molecular complexity index is 406. The summed E-state index contributed by atoms with van der Waals surface area (Å²) in [4.78, 5) is 1.52. The largest absolute Gasteiger partial charge is 0.573 e. The van der Waals surface area contributed by atoms with Crippen LogP contribution in [-0.4, -0.2) is 27.1 Å². The Morgan fingerprint density at radius 1 is 1.11 bits per heavy atom. The van der Waals surface area contributed by atoms with Crippen molar-refractivity contribution in [2.45, 2.75) is 13.0 Å². The van der Waals surface area contributed by atoms with Gasteiger partial charge in [-0.2, -0.15) is 8.78 Å². The van der Waals surface area contributed by atoms with Gasteiger partial charge in [0.1, 0.15) is 0 Å². The standard InChI is InChI=1S/C10H10F5NO2/c1-16(2)6-3-4-7(18-10(13,14)15)8(5-6)17-9(11)12/h3-5,9H,1-2H3. The van der Waals surface area contributed by atoms with Crippen molar-refractivity contribution in [3.05, 3.63) is 18.2 Å². The van der Waals surface area contributed by atoms with Crippen LogP contribution >= 0.6 is 0 Å². The van der Waals surface area contributed by atoms with Crippen LogP contribution in [0.5, 0.6) is 11.5 Å². The summed E-state index contributed by atoms with van der Waals surface area (Å²) < 4.78 is 67.9. The number of rotatable bonds is 4. The topological polar surface area (TPSA) is 21.7 Å². The molecule has 0 radical (unpaired) electrons. The highest BCUT2D eigenvalue weighted by Crippen LogP contribution is 2.35. The zero-order valence-electron chi connectivity index (χ0n) is 9.46. The van der Waals surface area contributed by atoms with E-state index in [-0.39, 0.29) is 0 Å². The predicted octanol–water partition coefficient (Wildman–Crippen LogP) is 3.25. The van der Waals surface area contributed by atoms with Gasteiger partial charge in [-0.3, -0.25) is 0 Å². The Balaban J connectivity index is 3.08. The van der Waals surface area contributed by atoms with Crippen molar-refractivity contribution in [3.8, 4) is 11.5 Å². The van der Waals surface area contributed by atoms with Gasteiger partial charge >= 0.3 is 13.0 Å². The second-order valence-corrected chi connectivity index (χ2v) is 3.45. The van der Waals surface area contributed by atoms with Crippen LogP contribution in [0.1, 0.15) is 0 Å². The lowest BCUT2D eigenvalue weighted by atomic mass is 10.2. The molecule has 0 aromatic heterocycles. The number of alkyl halides is 5. The van der Waals surface area contributed by atoms with E-state index < -0.39 is 24.5 Å². The molecule has 0 spiro atoms. The molecule has 0 saturated carbocycles. The first-order valence-electron chi connectivity index (χ1n) is 4.71. The molecule has 1 aromatic rings. The maximum absolute atomic E-state index is 12.1. The van der Waals surface area contributed by atoms with E-state index in [1.54, 1.807) is 14.1 Å². The monoisotopic (exact) mass is 271 g/mol. The molecule has 0 fully saturated rings. The summed E-state index contributed by atoms with van der Waals surface area (Å²) in [5.74, 6) is -1.48. The van der Waals surface area contributed by atoms with Crippen molar-refractivity contribution >= 4 is 5.69 Å². The third-order valence-electron chi connectivity index (χ3n) is 1.89. The van der Waals surface area contributed by atoms with Gasteiger partial charge in [0.05, 0.1) is 0 Å². The van der Waals surface area contributed by atoms with E-state index in [0.717, 1.165) is 12.1 Å². The summed E-state index contributed by atoms with van der Waals surface area (Å²) >= 11 is 0. The van der Waals surface area contributed by atoms with Crippen molar-refractivity contribution in [3.63, 3.8) is 0 Å². The number of hydrogen-bond acceptors (Lipinski definition) is 3. The lowest BCUT2D eigenvalue weighted by Gasteiger charge is -2.17. The smallest absolute Gasteiger partial charge is 0.431 e. The molecule has 0 N–H and O–H groups in total. The molecule has 0 aliphatic rings. The van der Waals surface area contributed by atoms with E-state index in [1.807, 2.05) is 0 Å². The molecule has 0 amide bonds. The molecule has 3 nitrogen and oxygen atoms in total. The van der Waals surface area contributed by atoms with Crippen LogP contribution in [0.3, 0.4) is 0 Å². The van der Waals surface area contributed by atoms with Crippen LogP contribution in [0.2, 0.25) is 0 Å². The van der Waals surface area contributed by atoms with Crippen LogP contribution < -0.4 is 14.4 Å². The molecule has 0 heterocycles. The molecule has 0 saturated heterocycles. The Hall–Kier alpha value is -1.73. The molecule has 1 aromatic carbocycles. The number of benzene rings is 1. The zero-order chi connectivity index (χ0) is 13.9. The summed E-state index contributed by atoms with van der Waals surface area (Å²) in [5.41, 5.74) is 0.403. The molecular weight excluding hydrogens is 261 g/mol. The Morgan fingerprint density at radius 2 is 1.72 bits per heavy atom. The summed E-state index contributed by atoms with van der Waals surface area (Å²) in [5, 5.41) is 0. The third kappa shape index (κ3) is 4.27. The fraction of sp³-hybridized carbons (Fsp3) is 0.400. The van der Waals surface area contributed by atoms with Crippen LogP contribution in [0, 0.1) is 0 Å². The first kappa shape index (κ1) is 14.3. The molecule has 1 rings (SSSR count). The molecular formula is C10H10F5NO2. The Morgan fingerprint density at radius 3 is 2.17 bits per heavy atom. The number of halogens is 5. The number of nitrogens with zero attached hydrogens (tertiary/aromatic N) is 1. The molecule has 0 aliphatic heterocycles. The minimum Gasteiger partial charge on any atom is -0.431 e. The van der Waals surface area contributed by atoms with Gasteiger partial charge in [-0.05, 0) is 12.1 Å². The molecule has 0 bridgehead atoms.